The Labute approximate surface area is 115 Å². The van der Waals surface area contributed by atoms with E-state index in [-0.39, 0.29) is 5.91 Å². The van der Waals surface area contributed by atoms with Crippen molar-refractivity contribution >= 4 is 11.7 Å². The van der Waals surface area contributed by atoms with E-state index in [0.29, 0.717) is 17.3 Å². The highest BCUT2D eigenvalue weighted by molar-refractivity contribution is 5.94. The molecule has 0 saturated heterocycles. The number of hydrogen-bond donors (Lipinski definition) is 2. The first-order valence-electron chi connectivity index (χ1n) is 7.15. The number of amides is 1. The SMILES string of the molecule is CCCc1cc(C(=O)NCC(CC)CC)cc(N)n1. The van der Waals surface area contributed by atoms with Crippen molar-refractivity contribution in [2.45, 2.75) is 46.5 Å². The van der Waals surface area contributed by atoms with E-state index in [2.05, 4.69) is 31.1 Å². The zero-order valence-corrected chi connectivity index (χ0v) is 12.2. The van der Waals surface area contributed by atoms with E-state index >= 15 is 0 Å². The van der Waals surface area contributed by atoms with Gasteiger partial charge in [0.25, 0.3) is 5.91 Å². The van der Waals surface area contributed by atoms with E-state index in [1.807, 2.05) is 6.07 Å². The third-order valence-electron chi connectivity index (χ3n) is 3.37. The van der Waals surface area contributed by atoms with Gasteiger partial charge in [-0.05, 0) is 24.5 Å². The maximum atomic E-state index is 12.1. The molecule has 0 radical (unpaired) electrons. The zero-order chi connectivity index (χ0) is 14.3. The van der Waals surface area contributed by atoms with Crippen molar-refractivity contribution in [1.82, 2.24) is 10.3 Å². The number of hydrogen-bond acceptors (Lipinski definition) is 3. The number of anilines is 1. The van der Waals surface area contributed by atoms with Gasteiger partial charge in [0, 0.05) is 17.8 Å². The topological polar surface area (TPSA) is 68.0 Å². The van der Waals surface area contributed by atoms with Gasteiger partial charge in [-0.1, -0.05) is 40.0 Å². The second-order valence-electron chi connectivity index (χ2n) is 4.91. The number of pyridine rings is 1. The molecule has 19 heavy (non-hydrogen) atoms. The van der Waals surface area contributed by atoms with Crippen molar-refractivity contribution in [1.29, 1.82) is 0 Å². The summed E-state index contributed by atoms with van der Waals surface area (Å²) in [5, 5.41) is 2.98. The zero-order valence-electron chi connectivity index (χ0n) is 12.2. The van der Waals surface area contributed by atoms with Crippen LogP contribution < -0.4 is 11.1 Å². The molecule has 4 heteroatoms. The fourth-order valence-electron chi connectivity index (χ4n) is 2.04. The Hall–Kier alpha value is -1.58. The summed E-state index contributed by atoms with van der Waals surface area (Å²) in [7, 11) is 0. The summed E-state index contributed by atoms with van der Waals surface area (Å²) in [5.74, 6) is 0.898. The lowest BCUT2D eigenvalue weighted by atomic mass is 10.0. The summed E-state index contributed by atoms with van der Waals surface area (Å²) in [6, 6.07) is 3.48. The smallest absolute Gasteiger partial charge is 0.251 e. The van der Waals surface area contributed by atoms with Gasteiger partial charge < -0.3 is 11.1 Å². The number of nitrogens with zero attached hydrogens (tertiary/aromatic N) is 1. The van der Waals surface area contributed by atoms with Crippen molar-refractivity contribution in [3.8, 4) is 0 Å². The van der Waals surface area contributed by atoms with Crippen LogP contribution in [0.1, 0.15) is 56.1 Å². The average molecular weight is 263 g/mol. The van der Waals surface area contributed by atoms with Crippen molar-refractivity contribution in [2.75, 3.05) is 12.3 Å². The number of carbonyl (C=O) groups is 1. The Balaban J connectivity index is 2.70. The maximum absolute atomic E-state index is 12.1. The molecule has 0 aromatic carbocycles. The minimum absolute atomic E-state index is 0.0571. The molecule has 0 saturated carbocycles. The van der Waals surface area contributed by atoms with Crippen LogP contribution in [0, 0.1) is 5.92 Å². The van der Waals surface area contributed by atoms with Crippen LogP contribution in [0.15, 0.2) is 12.1 Å². The van der Waals surface area contributed by atoms with Gasteiger partial charge in [0.05, 0.1) is 0 Å². The van der Waals surface area contributed by atoms with Crippen LogP contribution in [0.4, 0.5) is 5.82 Å². The fourth-order valence-corrected chi connectivity index (χ4v) is 2.04. The second kappa shape index (κ2) is 7.77. The lowest BCUT2D eigenvalue weighted by Gasteiger charge is -2.13. The molecule has 1 aromatic rings. The van der Waals surface area contributed by atoms with Gasteiger partial charge in [0.2, 0.25) is 0 Å². The number of rotatable bonds is 7. The fraction of sp³-hybridized carbons (Fsp3) is 0.600. The number of aromatic nitrogens is 1. The molecule has 4 nitrogen and oxygen atoms in total. The molecule has 0 aliphatic carbocycles. The molecule has 1 amide bonds. The summed E-state index contributed by atoms with van der Waals surface area (Å²) < 4.78 is 0. The van der Waals surface area contributed by atoms with Crippen LogP contribution >= 0.6 is 0 Å². The molecule has 1 aromatic heterocycles. The molecular formula is C15H25N3O. The minimum Gasteiger partial charge on any atom is -0.384 e. The number of nitrogen functional groups attached to an aromatic ring is 1. The standard InChI is InChI=1S/C15H25N3O/c1-4-7-13-8-12(9-14(16)18-13)15(19)17-10-11(5-2)6-3/h8-9,11H,4-7,10H2,1-3H3,(H2,16,18)(H,17,19). The minimum atomic E-state index is -0.0571. The highest BCUT2D eigenvalue weighted by atomic mass is 16.1. The lowest BCUT2D eigenvalue weighted by molar-refractivity contribution is 0.0946. The number of nitrogens with one attached hydrogen (secondary N) is 1. The van der Waals surface area contributed by atoms with Gasteiger partial charge in [-0.3, -0.25) is 4.79 Å². The summed E-state index contributed by atoms with van der Waals surface area (Å²) >= 11 is 0. The van der Waals surface area contributed by atoms with Crippen LogP contribution in [0.5, 0.6) is 0 Å². The van der Waals surface area contributed by atoms with Crippen LogP contribution in [0.25, 0.3) is 0 Å². The van der Waals surface area contributed by atoms with Crippen molar-refractivity contribution in [2.24, 2.45) is 5.92 Å². The third kappa shape index (κ3) is 4.89. The predicted octanol–water partition coefficient (Wildman–Crippen LogP) is 2.78. The molecule has 1 heterocycles. The molecule has 1 rings (SSSR count). The summed E-state index contributed by atoms with van der Waals surface area (Å²) in [5.41, 5.74) is 7.24. The van der Waals surface area contributed by atoms with Crippen LogP contribution in [0.3, 0.4) is 0 Å². The van der Waals surface area contributed by atoms with E-state index in [1.54, 1.807) is 6.07 Å². The predicted molar refractivity (Wildman–Crippen MR) is 79.0 cm³/mol. The third-order valence-corrected chi connectivity index (χ3v) is 3.37. The van der Waals surface area contributed by atoms with Crippen molar-refractivity contribution in [3.63, 3.8) is 0 Å². The van der Waals surface area contributed by atoms with Crippen LogP contribution in [-0.2, 0) is 6.42 Å². The Bertz CT molecular complexity index is 414. The van der Waals surface area contributed by atoms with Crippen molar-refractivity contribution < 1.29 is 4.79 Å². The summed E-state index contributed by atoms with van der Waals surface area (Å²) in [4.78, 5) is 16.3. The summed E-state index contributed by atoms with van der Waals surface area (Å²) in [6.07, 6.45) is 4.00. The Morgan fingerprint density at radius 1 is 1.32 bits per heavy atom. The van der Waals surface area contributed by atoms with E-state index in [9.17, 15) is 4.79 Å². The Morgan fingerprint density at radius 2 is 2.00 bits per heavy atom. The molecule has 0 bridgehead atoms. The molecule has 0 atom stereocenters. The monoisotopic (exact) mass is 263 g/mol. The number of nitrogens with two attached hydrogens (primary N) is 1. The Morgan fingerprint density at radius 3 is 2.58 bits per heavy atom. The quantitative estimate of drug-likeness (QED) is 0.795. The Kier molecular flexibility index (Phi) is 6.33. The van der Waals surface area contributed by atoms with E-state index in [4.69, 9.17) is 5.73 Å². The highest BCUT2D eigenvalue weighted by Gasteiger charge is 2.10. The van der Waals surface area contributed by atoms with Gasteiger partial charge in [-0.15, -0.1) is 0 Å². The largest absolute Gasteiger partial charge is 0.384 e. The normalized spacial score (nSPS) is 10.7. The van der Waals surface area contributed by atoms with E-state index in [1.165, 1.54) is 0 Å². The van der Waals surface area contributed by atoms with Gasteiger partial charge in [-0.2, -0.15) is 0 Å². The highest BCUT2D eigenvalue weighted by Crippen LogP contribution is 2.11. The van der Waals surface area contributed by atoms with Gasteiger partial charge in [0.15, 0.2) is 0 Å². The molecule has 0 unspecified atom stereocenters. The van der Waals surface area contributed by atoms with E-state index in [0.717, 1.165) is 37.9 Å². The first-order valence-corrected chi connectivity index (χ1v) is 7.15. The molecule has 106 valence electrons. The molecule has 0 aliphatic heterocycles. The van der Waals surface area contributed by atoms with Crippen LogP contribution in [0.2, 0.25) is 0 Å². The molecule has 0 fully saturated rings. The first-order chi connectivity index (χ1) is 9.10. The molecule has 0 spiro atoms. The second-order valence-corrected chi connectivity index (χ2v) is 4.91. The van der Waals surface area contributed by atoms with Gasteiger partial charge in [0.1, 0.15) is 5.82 Å². The molecule has 0 aliphatic rings. The molecule has 3 N–H and O–H groups in total. The summed E-state index contributed by atoms with van der Waals surface area (Å²) in [6.45, 7) is 7.09. The van der Waals surface area contributed by atoms with Gasteiger partial charge >= 0.3 is 0 Å². The first kappa shape index (κ1) is 15.5. The lowest BCUT2D eigenvalue weighted by Crippen LogP contribution is -2.29. The number of carbonyl (C=O) groups excluding carboxylic acids is 1. The number of aryl methyl sites for hydroxylation is 1. The molecular weight excluding hydrogens is 238 g/mol. The van der Waals surface area contributed by atoms with E-state index < -0.39 is 0 Å². The van der Waals surface area contributed by atoms with Crippen LogP contribution in [-0.4, -0.2) is 17.4 Å². The maximum Gasteiger partial charge on any atom is 0.251 e. The van der Waals surface area contributed by atoms with Crippen molar-refractivity contribution in [3.05, 3.63) is 23.4 Å². The average Bonchev–Trinajstić information content (AvgIpc) is 2.39. The van der Waals surface area contributed by atoms with Gasteiger partial charge in [-0.25, -0.2) is 4.98 Å².